The number of carbonyl (C=O) groups is 3. The van der Waals surface area contributed by atoms with Crippen LogP contribution in [0.5, 0.6) is 0 Å². The van der Waals surface area contributed by atoms with E-state index < -0.39 is 11.9 Å². The van der Waals surface area contributed by atoms with Crippen molar-refractivity contribution in [2.45, 2.75) is 0 Å². The van der Waals surface area contributed by atoms with Crippen LogP contribution in [0.15, 0.2) is 12.2 Å². The van der Waals surface area contributed by atoms with E-state index in [4.69, 9.17) is 5.11 Å². The van der Waals surface area contributed by atoms with Crippen LogP contribution < -0.4 is 0 Å². The fraction of sp³-hybridized carbons (Fsp3) is 0.444. The fourth-order valence-electron chi connectivity index (χ4n) is 1.19. The lowest BCUT2D eigenvalue weighted by atomic mass is 10.3. The Labute approximate surface area is 86.8 Å². The Morgan fingerprint density at radius 2 is 2.00 bits per heavy atom. The van der Waals surface area contributed by atoms with Crippen LogP contribution in [0, 0.1) is 0 Å². The minimum atomic E-state index is -1.18. The minimum Gasteiger partial charge on any atom is -0.478 e. The van der Waals surface area contributed by atoms with Crippen molar-refractivity contribution in [1.29, 1.82) is 0 Å². The van der Waals surface area contributed by atoms with E-state index in [0.29, 0.717) is 13.1 Å². The zero-order valence-electron chi connectivity index (χ0n) is 8.34. The van der Waals surface area contributed by atoms with Crippen LogP contribution in [0.25, 0.3) is 0 Å². The SMILES string of the molecule is CN1CCN(C(=O)/C=C\C(=O)O)CC1=O. The van der Waals surface area contributed by atoms with Crippen molar-refractivity contribution < 1.29 is 19.5 Å². The predicted octanol–water partition coefficient (Wildman–Crippen LogP) is -1.07. The highest BCUT2D eigenvalue weighted by Gasteiger charge is 2.23. The van der Waals surface area contributed by atoms with Crippen LogP contribution in [0.1, 0.15) is 0 Å². The molecule has 1 heterocycles. The van der Waals surface area contributed by atoms with E-state index in [0.717, 1.165) is 12.2 Å². The first-order chi connectivity index (χ1) is 7.00. The molecule has 0 spiro atoms. The van der Waals surface area contributed by atoms with E-state index in [1.807, 2.05) is 0 Å². The molecule has 6 nitrogen and oxygen atoms in total. The normalized spacial score (nSPS) is 17.3. The van der Waals surface area contributed by atoms with Gasteiger partial charge in [0.1, 0.15) is 6.54 Å². The zero-order chi connectivity index (χ0) is 11.4. The third kappa shape index (κ3) is 3.08. The van der Waals surface area contributed by atoms with Gasteiger partial charge in [-0.3, -0.25) is 9.59 Å². The molecule has 0 bridgehead atoms. The first kappa shape index (κ1) is 11.2. The van der Waals surface area contributed by atoms with Crippen molar-refractivity contribution in [2.75, 3.05) is 26.7 Å². The molecule has 0 atom stereocenters. The largest absolute Gasteiger partial charge is 0.478 e. The van der Waals surface area contributed by atoms with Gasteiger partial charge < -0.3 is 14.9 Å². The maximum absolute atomic E-state index is 11.4. The molecule has 0 aromatic heterocycles. The molecule has 0 aromatic carbocycles. The molecule has 0 aliphatic carbocycles. The maximum Gasteiger partial charge on any atom is 0.328 e. The molecule has 2 amide bonds. The van der Waals surface area contributed by atoms with Crippen LogP contribution in [-0.4, -0.2) is 59.4 Å². The third-order valence-corrected chi connectivity index (χ3v) is 2.14. The van der Waals surface area contributed by atoms with Gasteiger partial charge in [-0.25, -0.2) is 4.79 Å². The highest BCUT2D eigenvalue weighted by Crippen LogP contribution is 2.01. The second kappa shape index (κ2) is 4.59. The minimum absolute atomic E-state index is 0.0132. The topological polar surface area (TPSA) is 77.9 Å². The molecule has 0 saturated carbocycles. The van der Waals surface area contributed by atoms with E-state index in [-0.39, 0.29) is 12.5 Å². The molecule has 1 aliphatic heterocycles. The second-order valence-electron chi connectivity index (χ2n) is 3.25. The average molecular weight is 212 g/mol. The van der Waals surface area contributed by atoms with Gasteiger partial charge in [-0.1, -0.05) is 0 Å². The summed E-state index contributed by atoms with van der Waals surface area (Å²) in [6.45, 7) is 0.926. The molecule has 1 rings (SSSR count). The number of aliphatic carboxylic acids is 1. The molecule has 1 fully saturated rings. The number of carboxylic acids is 1. The van der Waals surface area contributed by atoms with E-state index in [1.165, 1.54) is 9.80 Å². The first-order valence-electron chi connectivity index (χ1n) is 4.44. The van der Waals surface area contributed by atoms with Crippen molar-refractivity contribution in [3.05, 3.63) is 12.2 Å². The van der Waals surface area contributed by atoms with Gasteiger partial charge in [0.15, 0.2) is 0 Å². The van der Waals surface area contributed by atoms with E-state index >= 15 is 0 Å². The zero-order valence-corrected chi connectivity index (χ0v) is 8.34. The van der Waals surface area contributed by atoms with Gasteiger partial charge in [0.05, 0.1) is 0 Å². The molecule has 0 radical (unpaired) electrons. The molecule has 15 heavy (non-hydrogen) atoms. The molecule has 0 unspecified atom stereocenters. The number of amides is 2. The summed E-state index contributed by atoms with van der Waals surface area (Å²) in [5.41, 5.74) is 0. The Balaban J connectivity index is 2.55. The lowest BCUT2D eigenvalue weighted by molar-refractivity contribution is -0.141. The molecule has 82 valence electrons. The van der Waals surface area contributed by atoms with E-state index in [9.17, 15) is 14.4 Å². The summed E-state index contributed by atoms with van der Waals surface area (Å²) in [5.74, 6) is -1.76. The Morgan fingerprint density at radius 3 is 2.53 bits per heavy atom. The van der Waals surface area contributed by atoms with Gasteiger partial charge in [0.2, 0.25) is 11.8 Å². The molecule has 1 saturated heterocycles. The number of hydrogen-bond acceptors (Lipinski definition) is 3. The molecule has 1 N–H and O–H groups in total. The first-order valence-corrected chi connectivity index (χ1v) is 4.44. The monoisotopic (exact) mass is 212 g/mol. The van der Waals surface area contributed by atoms with Crippen LogP contribution in [0.2, 0.25) is 0 Å². The summed E-state index contributed by atoms with van der Waals surface area (Å²) < 4.78 is 0. The van der Waals surface area contributed by atoms with Crippen molar-refractivity contribution in [2.24, 2.45) is 0 Å². The summed E-state index contributed by atoms with van der Waals surface area (Å²) in [6, 6.07) is 0. The number of nitrogens with zero attached hydrogens (tertiary/aromatic N) is 2. The van der Waals surface area contributed by atoms with Gasteiger partial charge in [0, 0.05) is 32.3 Å². The Hall–Kier alpha value is -1.85. The number of likely N-dealkylation sites (N-methyl/N-ethyl adjacent to an activating group) is 1. The van der Waals surface area contributed by atoms with Crippen molar-refractivity contribution >= 4 is 17.8 Å². The fourth-order valence-corrected chi connectivity index (χ4v) is 1.19. The standard InChI is InChI=1S/C9H12N2O4/c1-10-4-5-11(6-8(10)13)7(12)2-3-9(14)15/h2-3H,4-6H2,1H3,(H,14,15)/b3-2-. The van der Waals surface area contributed by atoms with Gasteiger partial charge in [-0.15, -0.1) is 0 Å². The van der Waals surface area contributed by atoms with Crippen LogP contribution >= 0.6 is 0 Å². The molecular weight excluding hydrogens is 200 g/mol. The lowest BCUT2D eigenvalue weighted by Crippen LogP contribution is -2.50. The van der Waals surface area contributed by atoms with Gasteiger partial charge >= 0.3 is 5.97 Å². The number of carbonyl (C=O) groups excluding carboxylic acids is 2. The summed E-state index contributed by atoms with van der Waals surface area (Å²) in [5, 5.41) is 8.32. The maximum atomic E-state index is 11.4. The Bertz CT molecular complexity index is 324. The number of carboxylic acid groups (broad SMARTS) is 1. The highest BCUT2D eigenvalue weighted by molar-refractivity contribution is 5.96. The molecule has 1 aliphatic rings. The smallest absolute Gasteiger partial charge is 0.328 e. The van der Waals surface area contributed by atoms with Gasteiger partial charge in [0.25, 0.3) is 0 Å². The van der Waals surface area contributed by atoms with E-state index in [1.54, 1.807) is 7.05 Å². The number of piperazine rings is 1. The molecular formula is C9H12N2O4. The van der Waals surface area contributed by atoms with Crippen molar-refractivity contribution in [3.63, 3.8) is 0 Å². The second-order valence-corrected chi connectivity index (χ2v) is 3.25. The van der Waals surface area contributed by atoms with Crippen LogP contribution in [0.4, 0.5) is 0 Å². The third-order valence-electron chi connectivity index (χ3n) is 2.14. The highest BCUT2D eigenvalue weighted by atomic mass is 16.4. The number of hydrogen-bond donors (Lipinski definition) is 1. The summed E-state index contributed by atoms with van der Waals surface area (Å²) in [4.78, 5) is 35.6. The Kier molecular flexibility index (Phi) is 3.43. The van der Waals surface area contributed by atoms with Crippen LogP contribution in [0.3, 0.4) is 0 Å². The quantitative estimate of drug-likeness (QED) is 0.591. The molecule has 0 aromatic rings. The number of rotatable bonds is 2. The summed E-state index contributed by atoms with van der Waals surface area (Å²) in [7, 11) is 1.66. The summed E-state index contributed by atoms with van der Waals surface area (Å²) >= 11 is 0. The van der Waals surface area contributed by atoms with Crippen LogP contribution in [-0.2, 0) is 14.4 Å². The summed E-state index contributed by atoms with van der Waals surface area (Å²) in [6.07, 6.45) is 1.73. The Morgan fingerprint density at radius 1 is 1.33 bits per heavy atom. The predicted molar refractivity (Wildman–Crippen MR) is 51.0 cm³/mol. The lowest BCUT2D eigenvalue weighted by Gasteiger charge is -2.31. The van der Waals surface area contributed by atoms with Crippen molar-refractivity contribution in [1.82, 2.24) is 9.80 Å². The van der Waals surface area contributed by atoms with Gasteiger partial charge in [-0.2, -0.15) is 0 Å². The average Bonchev–Trinajstić information content (AvgIpc) is 2.18. The van der Waals surface area contributed by atoms with Gasteiger partial charge in [-0.05, 0) is 0 Å². The van der Waals surface area contributed by atoms with E-state index in [2.05, 4.69) is 0 Å². The van der Waals surface area contributed by atoms with Crippen molar-refractivity contribution in [3.8, 4) is 0 Å². The molecule has 6 heteroatoms.